The fourth-order valence-corrected chi connectivity index (χ4v) is 3.48. The largest absolute Gasteiger partial charge is 0.328 e. The number of rotatable bonds is 4. The van der Waals surface area contributed by atoms with Crippen LogP contribution in [0, 0.1) is 0 Å². The molecule has 0 aromatic rings. The Morgan fingerprint density at radius 1 is 1.43 bits per heavy atom. The van der Waals surface area contributed by atoms with E-state index in [2.05, 4.69) is 11.6 Å². The molecule has 2 aliphatic carbocycles. The average molecular weight is 214 g/mol. The van der Waals surface area contributed by atoms with Gasteiger partial charge in [0, 0.05) is 23.4 Å². The number of hydrogen-bond donors (Lipinski definition) is 2. The quantitative estimate of drug-likeness (QED) is 0.748. The first-order valence-corrected chi connectivity index (χ1v) is 7.01. The Bertz CT molecular complexity index is 186. The molecule has 2 rings (SSSR count). The lowest BCUT2D eigenvalue weighted by molar-refractivity contribution is 0.329. The third-order valence-corrected chi connectivity index (χ3v) is 5.30. The molecule has 2 aliphatic rings. The second-order valence-electron chi connectivity index (χ2n) is 4.89. The van der Waals surface area contributed by atoms with E-state index in [0.29, 0.717) is 16.8 Å². The maximum Gasteiger partial charge on any atom is 0.0281 e. The van der Waals surface area contributed by atoms with Crippen LogP contribution in [0.1, 0.15) is 38.5 Å². The molecule has 3 N–H and O–H groups in total. The van der Waals surface area contributed by atoms with Gasteiger partial charge in [0.2, 0.25) is 0 Å². The SMILES string of the molecule is CSC1(CNC2CCC(N)C2)CCC1. The van der Waals surface area contributed by atoms with Crippen LogP contribution in [0.5, 0.6) is 0 Å². The van der Waals surface area contributed by atoms with Crippen molar-refractivity contribution in [3.05, 3.63) is 0 Å². The Morgan fingerprint density at radius 3 is 2.64 bits per heavy atom. The normalized spacial score (nSPS) is 35.6. The number of thioether (sulfide) groups is 1. The molecule has 0 heterocycles. The minimum atomic E-state index is 0.458. The van der Waals surface area contributed by atoms with Crippen molar-refractivity contribution in [2.45, 2.75) is 55.4 Å². The Hall–Kier alpha value is 0.270. The van der Waals surface area contributed by atoms with Gasteiger partial charge in [0.25, 0.3) is 0 Å². The van der Waals surface area contributed by atoms with Gasteiger partial charge in [0.1, 0.15) is 0 Å². The Balaban J connectivity index is 1.71. The van der Waals surface area contributed by atoms with Gasteiger partial charge < -0.3 is 11.1 Å². The maximum absolute atomic E-state index is 5.90. The van der Waals surface area contributed by atoms with Crippen molar-refractivity contribution < 1.29 is 0 Å². The summed E-state index contributed by atoms with van der Waals surface area (Å²) in [4.78, 5) is 0. The van der Waals surface area contributed by atoms with Gasteiger partial charge in [-0.2, -0.15) is 11.8 Å². The summed E-state index contributed by atoms with van der Waals surface area (Å²) >= 11 is 2.05. The van der Waals surface area contributed by atoms with E-state index in [1.807, 2.05) is 11.8 Å². The molecule has 0 aliphatic heterocycles. The summed E-state index contributed by atoms with van der Waals surface area (Å²) in [5, 5.41) is 3.70. The molecule has 0 spiro atoms. The molecule has 0 saturated heterocycles. The average Bonchev–Trinajstić information content (AvgIpc) is 2.50. The zero-order valence-corrected chi connectivity index (χ0v) is 9.91. The predicted molar refractivity (Wildman–Crippen MR) is 63.7 cm³/mol. The number of nitrogens with two attached hydrogens (primary N) is 1. The summed E-state index contributed by atoms with van der Waals surface area (Å²) in [7, 11) is 0. The van der Waals surface area contributed by atoms with Crippen molar-refractivity contribution >= 4 is 11.8 Å². The number of nitrogens with one attached hydrogen (secondary N) is 1. The van der Waals surface area contributed by atoms with Gasteiger partial charge in [0.05, 0.1) is 0 Å². The molecule has 0 aromatic carbocycles. The van der Waals surface area contributed by atoms with Gasteiger partial charge in [-0.05, 0) is 38.4 Å². The van der Waals surface area contributed by atoms with Crippen molar-refractivity contribution in [1.29, 1.82) is 0 Å². The first-order valence-electron chi connectivity index (χ1n) is 5.78. The molecule has 2 atom stereocenters. The van der Waals surface area contributed by atoms with Crippen molar-refractivity contribution in [3.8, 4) is 0 Å². The summed E-state index contributed by atoms with van der Waals surface area (Å²) in [5.41, 5.74) is 5.90. The monoisotopic (exact) mass is 214 g/mol. The van der Waals surface area contributed by atoms with E-state index >= 15 is 0 Å². The fraction of sp³-hybridized carbons (Fsp3) is 1.00. The summed E-state index contributed by atoms with van der Waals surface area (Å²) in [6.45, 7) is 1.20. The van der Waals surface area contributed by atoms with Crippen LogP contribution >= 0.6 is 11.8 Å². The van der Waals surface area contributed by atoms with E-state index < -0.39 is 0 Å². The van der Waals surface area contributed by atoms with Crippen LogP contribution < -0.4 is 11.1 Å². The third kappa shape index (κ3) is 2.26. The van der Waals surface area contributed by atoms with Crippen LogP contribution in [0.2, 0.25) is 0 Å². The molecule has 0 amide bonds. The van der Waals surface area contributed by atoms with E-state index in [1.54, 1.807) is 0 Å². The molecule has 2 saturated carbocycles. The minimum absolute atomic E-state index is 0.458. The van der Waals surface area contributed by atoms with Gasteiger partial charge in [-0.3, -0.25) is 0 Å². The lowest BCUT2D eigenvalue weighted by atomic mass is 9.84. The second-order valence-corrected chi connectivity index (χ2v) is 6.17. The van der Waals surface area contributed by atoms with Crippen molar-refractivity contribution in [3.63, 3.8) is 0 Å². The van der Waals surface area contributed by atoms with Crippen LogP contribution in [-0.4, -0.2) is 29.6 Å². The highest BCUT2D eigenvalue weighted by molar-refractivity contribution is 8.00. The highest BCUT2D eigenvalue weighted by Gasteiger charge is 2.36. The van der Waals surface area contributed by atoms with Crippen LogP contribution in [0.4, 0.5) is 0 Å². The van der Waals surface area contributed by atoms with Gasteiger partial charge in [0.15, 0.2) is 0 Å². The van der Waals surface area contributed by atoms with E-state index in [9.17, 15) is 0 Å². The highest BCUT2D eigenvalue weighted by Crippen LogP contribution is 2.42. The smallest absolute Gasteiger partial charge is 0.0281 e. The first kappa shape index (κ1) is 10.8. The summed E-state index contributed by atoms with van der Waals surface area (Å²) in [5.74, 6) is 0. The van der Waals surface area contributed by atoms with E-state index in [1.165, 1.54) is 45.1 Å². The zero-order valence-electron chi connectivity index (χ0n) is 9.09. The molecular weight excluding hydrogens is 192 g/mol. The molecule has 3 heteroatoms. The highest BCUT2D eigenvalue weighted by atomic mass is 32.2. The molecule has 2 fully saturated rings. The van der Waals surface area contributed by atoms with Crippen LogP contribution in [0.15, 0.2) is 0 Å². The molecule has 82 valence electrons. The molecule has 0 aromatic heterocycles. The van der Waals surface area contributed by atoms with Gasteiger partial charge in [-0.1, -0.05) is 6.42 Å². The molecule has 14 heavy (non-hydrogen) atoms. The van der Waals surface area contributed by atoms with Gasteiger partial charge >= 0.3 is 0 Å². The molecule has 0 bridgehead atoms. The van der Waals surface area contributed by atoms with E-state index in [-0.39, 0.29) is 0 Å². The lowest BCUT2D eigenvalue weighted by Crippen LogP contribution is -2.46. The second kappa shape index (κ2) is 4.42. The standard InChI is InChI=1S/C11H22N2S/c1-14-11(5-2-6-11)8-13-10-4-3-9(12)7-10/h9-10,13H,2-8,12H2,1H3. The molecule has 2 nitrogen and oxygen atoms in total. The Kier molecular flexibility index (Phi) is 3.40. The zero-order chi connectivity index (χ0) is 10.0. The Labute approximate surface area is 91.4 Å². The maximum atomic E-state index is 5.90. The third-order valence-electron chi connectivity index (χ3n) is 3.88. The summed E-state index contributed by atoms with van der Waals surface area (Å²) < 4.78 is 0.576. The van der Waals surface area contributed by atoms with Gasteiger partial charge in [-0.25, -0.2) is 0 Å². The van der Waals surface area contributed by atoms with Gasteiger partial charge in [-0.15, -0.1) is 0 Å². The first-order chi connectivity index (χ1) is 6.74. The topological polar surface area (TPSA) is 38.0 Å². The van der Waals surface area contributed by atoms with Crippen molar-refractivity contribution in [1.82, 2.24) is 5.32 Å². The van der Waals surface area contributed by atoms with E-state index in [0.717, 1.165) is 0 Å². The molecular formula is C11H22N2S. The summed E-state index contributed by atoms with van der Waals surface area (Å²) in [6, 6.07) is 1.16. The minimum Gasteiger partial charge on any atom is -0.328 e. The van der Waals surface area contributed by atoms with Crippen molar-refractivity contribution in [2.75, 3.05) is 12.8 Å². The van der Waals surface area contributed by atoms with Crippen LogP contribution in [0.3, 0.4) is 0 Å². The summed E-state index contributed by atoms with van der Waals surface area (Å²) in [6.07, 6.45) is 10.2. The van der Waals surface area contributed by atoms with Crippen molar-refractivity contribution in [2.24, 2.45) is 5.73 Å². The van der Waals surface area contributed by atoms with Crippen LogP contribution in [0.25, 0.3) is 0 Å². The predicted octanol–water partition coefficient (Wildman–Crippen LogP) is 1.74. The molecule has 0 radical (unpaired) electrons. The number of hydrogen-bond acceptors (Lipinski definition) is 3. The van der Waals surface area contributed by atoms with Crippen LogP contribution in [-0.2, 0) is 0 Å². The Morgan fingerprint density at radius 2 is 2.21 bits per heavy atom. The van der Waals surface area contributed by atoms with E-state index in [4.69, 9.17) is 5.73 Å². The fourth-order valence-electron chi connectivity index (χ4n) is 2.56. The molecule has 2 unspecified atom stereocenters. The lowest BCUT2D eigenvalue weighted by Gasteiger charge is -2.41.